The third-order valence-corrected chi connectivity index (χ3v) is 12.3. The number of pyridine rings is 1. The van der Waals surface area contributed by atoms with Crippen molar-refractivity contribution in [1.29, 1.82) is 5.26 Å². The van der Waals surface area contributed by atoms with Crippen molar-refractivity contribution in [2.45, 2.75) is 70.4 Å². The number of nitriles is 1. The second-order valence-electron chi connectivity index (χ2n) is 10.7. The summed E-state index contributed by atoms with van der Waals surface area (Å²) in [5, 5.41) is 14.2. The number of hydrogen-bond donors (Lipinski definition) is 0. The van der Waals surface area contributed by atoms with E-state index in [0.717, 1.165) is 0 Å². The second-order valence-corrected chi connectivity index (χ2v) is 15.7. The van der Waals surface area contributed by atoms with Gasteiger partial charge in [0, 0.05) is 13.0 Å². The minimum Gasteiger partial charge on any atom is -0.363 e. The third kappa shape index (κ3) is 6.03. The van der Waals surface area contributed by atoms with Crippen molar-refractivity contribution < 1.29 is 45.0 Å². The molecule has 3 aliphatic heterocycles. The van der Waals surface area contributed by atoms with Crippen molar-refractivity contribution >= 4 is 45.8 Å². The van der Waals surface area contributed by atoms with E-state index in [4.69, 9.17) is 34.9 Å². The first kappa shape index (κ1) is 31.5. The van der Waals surface area contributed by atoms with Crippen molar-refractivity contribution in [1.82, 2.24) is 14.8 Å². The van der Waals surface area contributed by atoms with Crippen molar-refractivity contribution in [2.24, 2.45) is 0 Å². The number of anilines is 1. The Morgan fingerprint density at radius 2 is 1.90 bits per heavy atom. The predicted molar refractivity (Wildman–Crippen MR) is 146 cm³/mol. The van der Waals surface area contributed by atoms with Gasteiger partial charge in [-0.25, -0.2) is 26.9 Å². The molecule has 0 radical (unpaired) electrons. The largest absolute Gasteiger partial charge is 0.363 e. The molecule has 3 fully saturated rings. The van der Waals surface area contributed by atoms with Crippen LogP contribution in [0, 0.1) is 11.3 Å². The first-order valence-electron chi connectivity index (χ1n) is 13.3. The van der Waals surface area contributed by atoms with Gasteiger partial charge in [-0.2, -0.15) is 10.4 Å². The van der Waals surface area contributed by atoms with Crippen LogP contribution in [-0.4, -0.2) is 90.8 Å². The van der Waals surface area contributed by atoms with E-state index >= 15 is 0 Å². The van der Waals surface area contributed by atoms with Gasteiger partial charge in [-0.1, -0.05) is 11.6 Å². The fourth-order valence-electron chi connectivity index (χ4n) is 5.60. The highest BCUT2D eigenvalue weighted by Crippen LogP contribution is 2.50. The molecule has 5 heterocycles. The zero-order valence-corrected chi connectivity index (χ0v) is 25.8. The molecule has 42 heavy (non-hydrogen) atoms. The van der Waals surface area contributed by atoms with Gasteiger partial charge in [-0.15, -0.1) is 0 Å². The average molecular weight is 654 g/mol. The first-order chi connectivity index (χ1) is 19.6. The molecule has 0 aliphatic carbocycles. The topological polar surface area (TPSA) is 155 Å². The van der Waals surface area contributed by atoms with Crippen molar-refractivity contribution in [3.05, 3.63) is 16.9 Å². The summed E-state index contributed by atoms with van der Waals surface area (Å²) in [7, 11) is -8.00. The van der Waals surface area contributed by atoms with Gasteiger partial charge < -0.3 is 28.2 Å². The van der Waals surface area contributed by atoms with E-state index in [-0.39, 0.29) is 47.2 Å². The molecule has 0 saturated carbocycles. The van der Waals surface area contributed by atoms with Gasteiger partial charge in [0.2, 0.25) is 0 Å². The molecule has 18 heteroatoms. The van der Waals surface area contributed by atoms with E-state index in [9.17, 15) is 27.0 Å². The van der Waals surface area contributed by atoms with Crippen molar-refractivity contribution in [3.63, 3.8) is 0 Å². The molecule has 0 bridgehead atoms. The Hall–Kier alpha value is -1.96. The maximum Gasteiger partial charge on any atom is 0.345 e. The summed E-state index contributed by atoms with van der Waals surface area (Å²) >= 11 is 6.36. The van der Waals surface area contributed by atoms with E-state index in [2.05, 4.69) is 10.1 Å². The van der Waals surface area contributed by atoms with Crippen LogP contribution in [0.2, 0.25) is 5.15 Å². The number of hydrogen-bond acceptors (Lipinski definition) is 12. The molecule has 0 spiro atoms. The van der Waals surface area contributed by atoms with Crippen LogP contribution < -0.4 is 4.90 Å². The number of aromatic nitrogens is 3. The second kappa shape index (κ2) is 11.2. The number of nitrogens with zero attached hydrogens (tertiary/aromatic N) is 5. The smallest absolute Gasteiger partial charge is 0.345 e. The molecule has 2 aromatic heterocycles. The minimum atomic E-state index is -4.08. The predicted octanol–water partition coefficient (Wildman–Crippen LogP) is 3.86. The van der Waals surface area contributed by atoms with Crippen LogP contribution in [0.15, 0.2) is 6.20 Å². The lowest BCUT2D eigenvalue weighted by atomic mass is 10.1. The first-order valence-corrected chi connectivity index (χ1v) is 17.2. The summed E-state index contributed by atoms with van der Waals surface area (Å²) in [6, 6.07) is 1.95. The average Bonchev–Trinajstić information content (AvgIpc) is 3.60. The van der Waals surface area contributed by atoms with Gasteiger partial charge in [-0.3, -0.25) is 4.57 Å². The lowest BCUT2D eigenvalue weighted by Gasteiger charge is -2.25. The highest BCUT2D eigenvalue weighted by atomic mass is 35.5. The summed E-state index contributed by atoms with van der Waals surface area (Å²) in [4.78, 5) is 5.70. The Balaban J connectivity index is 1.50. The Morgan fingerprint density at radius 3 is 2.50 bits per heavy atom. The number of sulfone groups is 1. The van der Waals surface area contributed by atoms with Gasteiger partial charge in [0.05, 0.1) is 42.8 Å². The zero-order valence-electron chi connectivity index (χ0n) is 23.3. The summed E-state index contributed by atoms with van der Waals surface area (Å²) < 4.78 is 97.5. The molecule has 3 saturated heterocycles. The highest BCUT2D eigenvalue weighted by Gasteiger charge is 2.57. The summed E-state index contributed by atoms with van der Waals surface area (Å²) in [6.07, 6.45) is -2.89. The molecule has 0 unspecified atom stereocenters. The van der Waals surface area contributed by atoms with Gasteiger partial charge in [0.15, 0.2) is 38.1 Å². The molecule has 0 amide bonds. The van der Waals surface area contributed by atoms with Crippen LogP contribution in [0.1, 0.15) is 45.9 Å². The molecule has 232 valence electrons. The fourth-order valence-corrected chi connectivity index (χ4v) is 10.4. The minimum absolute atomic E-state index is 0.00283. The zero-order chi connectivity index (χ0) is 30.7. The molecule has 2 aromatic rings. The van der Waals surface area contributed by atoms with Crippen molar-refractivity contribution in [3.8, 4) is 6.07 Å². The van der Waals surface area contributed by atoms with Crippen LogP contribution in [0.4, 0.5) is 14.5 Å². The summed E-state index contributed by atoms with van der Waals surface area (Å²) in [6.45, 7) is 5.86. The van der Waals surface area contributed by atoms with Crippen LogP contribution in [-0.2, 0) is 37.7 Å². The van der Waals surface area contributed by atoms with Gasteiger partial charge >= 0.3 is 7.60 Å². The van der Waals surface area contributed by atoms with E-state index in [1.165, 1.54) is 15.8 Å². The van der Waals surface area contributed by atoms with E-state index in [1.807, 2.05) is 6.07 Å². The molecular formula is C24H31ClF2N5O8PS. The van der Waals surface area contributed by atoms with E-state index in [0.29, 0.717) is 0 Å². The third-order valence-electron chi connectivity index (χ3n) is 7.06. The van der Waals surface area contributed by atoms with Crippen LogP contribution in [0.5, 0.6) is 0 Å². The number of rotatable bonds is 10. The standard InChI is InChI=1S/C24H31ClF2N5O8PS/c1-5-36-41(33,37-6-2)13-42(34,35)11-16-18-19(40-23(3,4)39-18)22(38-16)32-21-15(10-29-32)17(14(9-28)20(25)30-21)31-8-7-24(26,27)12-31/h10,16,18-19,22H,5-8,11-13H2,1-4H3/t16-,18-,19-,22-/m1/s1. The monoisotopic (exact) mass is 653 g/mol. The van der Waals surface area contributed by atoms with Crippen LogP contribution in [0.25, 0.3) is 11.0 Å². The Kier molecular flexibility index (Phi) is 8.39. The number of fused-ring (bicyclic) bond motifs is 2. The number of ether oxygens (including phenoxy) is 3. The highest BCUT2D eigenvalue weighted by molar-refractivity contribution is 7.97. The van der Waals surface area contributed by atoms with E-state index in [1.54, 1.807) is 27.7 Å². The Bertz CT molecular complexity index is 1560. The molecule has 13 nitrogen and oxygen atoms in total. The Labute approximate surface area is 246 Å². The Morgan fingerprint density at radius 1 is 1.24 bits per heavy atom. The quantitative estimate of drug-likeness (QED) is 0.270. The molecular weight excluding hydrogens is 623 g/mol. The molecule has 0 N–H and O–H groups in total. The lowest BCUT2D eigenvalue weighted by Crippen LogP contribution is -2.35. The maximum atomic E-state index is 14.1. The lowest BCUT2D eigenvalue weighted by molar-refractivity contribution is -0.195. The van der Waals surface area contributed by atoms with Crippen LogP contribution >= 0.6 is 19.2 Å². The summed E-state index contributed by atoms with van der Waals surface area (Å²) in [5.41, 5.74) is -0.612. The van der Waals surface area contributed by atoms with Crippen LogP contribution in [0.3, 0.4) is 0 Å². The van der Waals surface area contributed by atoms with E-state index < -0.39 is 77.9 Å². The summed E-state index contributed by atoms with van der Waals surface area (Å²) in [5.74, 6) is -4.64. The fraction of sp³-hybridized carbons (Fsp3) is 0.708. The number of alkyl halides is 2. The van der Waals surface area contributed by atoms with Gasteiger partial charge in [-0.05, 0) is 27.7 Å². The number of halogens is 3. The van der Waals surface area contributed by atoms with Gasteiger partial charge in [0.25, 0.3) is 5.92 Å². The normalized spacial score (nSPS) is 27.0. The van der Waals surface area contributed by atoms with Crippen molar-refractivity contribution in [2.75, 3.05) is 42.4 Å². The molecule has 3 aliphatic rings. The van der Waals surface area contributed by atoms with Gasteiger partial charge in [0.1, 0.15) is 29.9 Å². The molecule has 5 rings (SSSR count). The maximum absolute atomic E-state index is 14.1. The SMILES string of the molecule is CCOP(=O)(CS(=O)(=O)C[C@H]1O[C@@H](n2ncc3c(N4CCC(F)(F)C4)c(C#N)c(Cl)nc32)[C@@H]2OC(C)(C)O[C@@H]21)OCC. The molecule has 0 aromatic carbocycles. The molecule has 4 atom stereocenters.